The third-order valence-corrected chi connectivity index (χ3v) is 2.35. The molecule has 0 saturated heterocycles. The molecule has 0 saturated carbocycles. The molecule has 0 unspecified atom stereocenters. The van der Waals surface area contributed by atoms with Crippen LogP contribution in [0.15, 0.2) is 30.5 Å². The Hall–Kier alpha value is -2.32. The van der Waals surface area contributed by atoms with E-state index in [1.165, 1.54) is 6.20 Å². The molecular formula is C12H9ClN4O. The lowest BCUT2D eigenvalue weighted by Gasteiger charge is -2.07. The Morgan fingerprint density at radius 2 is 2.06 bits per heavy atom. The van der Waals surface area contributed by atoms with Crippen LogP contribution in [0.2, 0.25) is 5.28 Å². The lowest BCUT2D eigenvalue weighted by atomic mass is 10.2. The number of aromatic nitrogens is 2. The van der Waals surface area contributed by atoms with Crippen LogP contribution < -0.4 is 10.5 Å². The van der Waals surface area contributed by atoms with Crippen LogP contribution in [-0.2, 0) is 6.42 Å². The highest BCUT2D eigenvalue weighted by atomic mass is 35.5. The normalized spacial score (nSPS) is 9.78. The molecule has 0 spiro atoms. The third-order valence-electron chi connectivity index (χ3n) is 2.17. The quantitative estimate of drug-likeness (QED) is 0.858. The Kier molecular flexibility index (Phi) is 3.60. The third kappa shape index (κ3) is 2.87. The van der Waals surface area contributed by atoms with Crippen LogP contribution in [-0.4, -0.2) is 9.97 Å². The van der Waals surface area contributed by atoms with Gasteiger partial charge in [-0.1, -0.05) is 12.1 Å². The minimum Gasteiger partial charge on any atom is -0.437 e. The molecule has 0 aliphatic heterocycles. The Morgan fingerprint density at radius 1 is 1.33 bits per heavy atom. The molecule has 2 N–H and O–H groups in total. The maximum Gasteiger partial charge on any atom is 0.247 e. The Bertz CT molecular complexity index is 592. The molecule has 0 aliphatic carbocycles. The first-order valence-electron chi connectivity index (χ1n) is 5.11. The number of nitrogen functional groups attached to an aromatic ring is 1. The van der Waals surface area contributed by atoms with Gasteiger partial charge in [0, 0.05) is 0 Å². The first-order chi connectivity index (χ1) is 8.69. The number of halogens is 1. The maximum absolute atomic E-state index is 8.56. The van der Waals surface area contributed by atoms with Gasteiger partial charge in [-0.3, -0.25) is 0 Å². The first kappa shape index (κ1) is 12.1. The summed E-state index contributed by atoms with van der Waals surface area (Å²) in [5.74, 6) is 0.779. The van der Waals surface area contributed by atoms with Crippen molar-refractivity contribution < 1.29 is 4.74 Å². The largest absolute Gasteiger partial charge is 0.437 e. The molecule has 2 aromatic rings. The summed E-state index contributed by atoms with van der Waals surface area (Å²) in [5, 5.41) is 8.63. The van der Waals surface area contributed by atoms with Gasteiger partial charge in [0.1, 0.15) is 11.4 Å². The van der Waals surface area contributed by atoms with E-state index in [1.807, 2.05) is 0 Å². The summed E-state index contributed by atoms with van der Waals surface area (Å²) in [6.07, 6.45) is 1.75. The SMILES string of the molecule is N#CCc1ccc(Oc2nc(Cl)ncc2N)cc1. The van der Waals surface area contributed by atoms with Crippen LogP contribution >= 0.6 is 11.6 Å². The van der Waals surface area contributed by atoms with Crippen LogP contribution in [0.25, 0.3) is 0 Å². The number of ether oxygens (including phenoxy) is 1. The molecule has 18 heavy (non-hydrogen) atoms. The van der Waals surface area contributed by atoms with Gasteiger partial charge in [0.05, 0.1) is 18.7 Å². The van der Waals surface area contributed by atoms with Crippen molar-refractivity contribution in [2.75, 3.05) is 5.73 Å². The first-order valence-corrected chi connectivity index (χ1v) is 5.48. The van der Waals surface area contributed by atoms with Crippen LogP contribution in [0, 0.1) is 11.3 Å². The number of hydrogen-bond acceptors (Lipinski definition) is 5. The van der Waals surface area contributed by atoms with Gasteiger partial charge in [-0.05, 0) is 29.3 Å². The van der Waals surface area contributed by atoms with Crippen LogP contribution in [0.1, 0.15) is 5.56 Å². The predicted octanol–water partition coefficient (Wildman–Crippen LogP) is 2.57. The van der Waals surface area contributed by atoms with Crippen molar-refractivity contribution in [1.82, 2.24) is 9.97 Å². The van der Waals surface area contributed by atoms with Gasteiger partial charge < -0.3 is 10.5 Å². The molecular weight excluding hydrogens is 252 g/mol. The fourth-order valence-electron chi connectivity index (χ4n) is 1.32. The maximum atomic E-state index is 8.56. The van der Waals surface area contributed by atoms with Gasteiger partial charge >= 0.3 is 0 Å². The highest BCUT2D eigenvalue weighted by molar-refractivity contribution is 6.28. The average molecular weight is 261 g/mol. The monoisotopic (exact) mass is 260 g/mol. The number of rotatable bonds is 3. The van der Waals surface area contributed by atoms with Crippen LogP contribution in [0.3, 0.4) is 0 Å². The number of hydrogen-bond donors (Lipinski definition) is 1. The zero-order valence-corrected chi connectivity index (χ0v) is 10.1. The van der Waals surface area contributed by atoms with E-state index in [1.54, 1.807) is 24.3 Å². The highest BCUT2D eigenvalue weighted by Crippen LogP contribution is 2.25. The number of benzene rings is 1. The predicted molar refractivity (Wildman–Crippen MR) is 67.3 cm³/mol. The molecule has 1 heterocycles. The van der Waals surface area contributed by atoms with Crippen molar-refractivity contribution in [3.63, 3.8) is 0 Å². The van der Waals surface area contributed by atoms with E-state index < -0.39 is 0 Å². The molecule has 0 aliphatic rings. The number of nitrogens with two attached hydrogens (primary N) is 1. The fraction of sp³-hybridized carbons (Fsp3) is 0.0833. The van der Waals surface area contributed by atoms with E-state index in [2.05, 4.69) is 16.0 Å². The van der Waals surface area contributed by atoms with Crippen molar-refractivity contribution in [2.45, 2.75) is 6.42 Å². The Morgan fingerprint density at radius 3 is 2.72 bits per heavy atom. The van der Waals surface area contributed by atoms with Crippen LogP contribution in [0.5, 0.6) is 11.6 Å². The van der Waals surface area contributed by atoms with Crippen molar-refractivity contribution in [3.05, 3.63) is 41.3 Å². The van der Waals surface area contributed by atoms with E-state index >= 15 is 0 Å². The summed E-state index contributed by atoms with van der Waals surface area (Å²) in [7, 11) is 0. The molecule has 0 amide bonds. The fourth-order valence-corrected chi connectivity index (χ4v) is 1.44. The minimum absolute atomic E-state index is 0.0697. The lowest BCUT2D eigenvalue weighted by Crippen LogP contribution is -1.97. The molecule has 1 aromatic heterocycles. The smallest absolute Gasteiger partial charge is 0.247 e. The number of anilines is 1. The second-order valence-electron chi connectivity index (χ2n) is 3.48. The summed E-state index contributed by atoms with van der Waals surface area (Å²) in [6, 6.07) is 9.15. The van der Waals surface area contributed by atoms with Gasteiger partial charge in [-0.25, -0.2) is 4.98 Å². The molecule has 2 rings (SSSR count). The summed E-state index contributed by atoms with van der Waals surface area (Å²) < 4.78 is 5.48. The Balaban J connectivity index is 2.18. The van der Waals surface area contributed by atoms with Gasteiger partial charge in [0.15, 0.2) is 0 Å². The van der Waals surface area contributed by atoms with Crippen molar-refractivity contribution in [1.29, 1.82) is 5.26 Å². The standard InChI is InChI=1S/C12H9ClN4O/c13-12-16-7-10(15)11(17-12)18-9-3-1-8(2-4-9)5-6-14/h1-4,7H,5,15H2. The van der Waals surface area contributed by atoms with E-state index in [-0.39, 0.29) is 11.2 Å². The highest BCUT2D eigenvalue weighted by Gasteiger charge is 2.06. The molecule has 6 heteroatoms. The average Bonchev–Trinajstić information content (AvgIpc) is 2.37. The molecule has 5 nitrogen and oxygen atoms in total. The minimum atomic E-state index is 0.0697. The lowest BCUT2D eigenvalue weighted by molar-refractivity contribution is 0.464. The van der Waals surface area contributed by atoms with Gasteiger partial charge in [-0.2, -0.15) is 10.2 Å². The van der Waals surface area contributed by atoms with Gasteiger partial charge in [0.2, 0.25) is 11.2 Å². The molecule has 0 bridgehead atoms. The zero-order valence-electron chi connectivity index (χ0n) is 9.30. The number of nitriles is 1. The molecule has 0 radical (unpaired) electrons. The summed E-state index contributed by atoms with van der Waals surface area (Å²) in [5.41, 5.74) is 6.88. The van der Waals surface area contributed by atoms with Crippen molar-refractivity contribution >= 4 is 17.3 Å². The Labute approximate surface area is 109 Å². The molecule has 0 fully saturated rings. The topological polar surface area (TPSA) is 84.8 Å². The van der Waals surface area contributed by atoms with Crippen molar-refractivity contribution in [3.8, 4) is 17.7 Å². The number of nitrogens with zero attached hydrogens (tertiary/aromatic N) is 3. The second-order valence-corrected chi connectivity index (χ2v) is 3.82. The summed E-state index contributed by atoms with van der Waals surface area (Å²) in [4.78, 5) is 7.61. The van der Waals surface area contributed by atoms with E-state index in [0.717, 1.165) is 5.56 Å². The van der Waals surface area contributed by atoms with E-state index in [0.29, 0.717) is 17.9 Å². The van der Waals surface area contributed by atoms with E-state index in [9.17, 15) is 0 Å². The van der Waals surface area contributed by atoms with Crippen molar-refractivity contribution in [2.24, 2.45) is 0 Å². The molecule has 1 aromatic carbocycles. The van der Waals surface area contributed by atoms with E-state index in [4.69, 9.17) is 27.3 Å². The van der Waals surface area contributed by atoms with Gasteiger partial charge in [-0.15, -0.1) is 0 Å². The summed E-state index contributed by atoms with van der Waals surface area (Å²) >= 11 is 5.66. The van der Waals surface area contributed by atoms with Gasteiger partial charge in [0.25, 0.3) is 0 Å². The second kappa shape index (κ2) is 5.34. The zero-order chi connectivity index (χ0) is 13.0. The van der Waals surface area contributed by atoms with Crippen LogP contribution in [0.4, 0.5) is 5.69 Å². The molecule has 90 valence electrons. The summed E-state index contributed by atoms with van der Waals surface area (Å²) in [6.45, 7) is 0. The molecule has 0 atom stereocenters.